The Hall–Kier alpha value is -1.38. The average molecular weight is 319 g/mol. The smallest absolute Gasteiger partial charge is 0.252 e. The lowest BCUT2D eigenvalue weighted by Crippen LogP contribution is -2.38. The molecule has 0 spiro atoms. The first-order valence-corrected chi connectivity index (χ1v) is 9.35. The minimum Gasteiger partial charge on any atom is -0.351 e. The first-order valence-electron chi connectivity index (χ1n) is 9.35. The Kier molecular flexibility index (Phi) is 9.58. The van der Waals surface area contributed by atoms with Gasteiger partial charge in [-0.15, -0.1) is 0 Å². The molecular weight excluding hydrogens is 284 g/mol. The quantitative estimate of drug-likeness (QED) is 0.563. The highest BCUT2D eigenvalue weighted by atomic mass is 16.1. The molecule has 1 heterocycles. The lowest BCUT2D eigenvalue weighted by atomic mass is 9.74. The summed E-state index contributed by atoms with van der Waals surface area (Å²) in [5.74, 6) is 0.00645. The van der Waals surface area contributed by atoms with Crippen LogP contribution in [-0.2, 0) is 0 Å². The van der Waals surface area contributed by atoms with Crippen molar-refractivity contribution in [2.24, 2.45) is 5.41 Å². The molecule has 3 heteroatoms. The number of rotatable bonds is 12. The number of aromatic nitrogens is 1. The van der Waals surface area contributed by atoms with Crippen LogP contribution in [0.2, 0.25) is 0 Å². The van der Waals surface area contributed by atoms with Gasteiger partial charge in [-0.25, -0.2) is 0 Å². The van der Waals surface area contributed by atoms with Crippen LogP contribution in [-0.4, -0.2) is 17.4 Å². The number of hydrogen-bond donors (Lipinski definition) is 1. The Balaban J connectivity index is 2.73. The Morgan fingerprint density at radius 3 is 2.04 bits per heavy atom. The number of unbranched alkanes of at least 4 members (excludes halogenated alkanes) is 3. The number of nitrogens with zero attached hydrogens (tertiary/aromatic N) is 1. The molecule has 1 rings (SSSR count). The standard InChI is InChI=1S/C20H34N2O/c1-4-7-12-20(13-8-5-2,14-9-6-3)17-22-19(23)18-11-10-15-21-16-18/h10-11,15-16H,4-9,12-14,17H2,1-3H3,(H,22,23). The minimum absolute atomic E-state index is 0.00645. The second kappa shape index (κ2) is 11.2. The number of pyridine rings is 1. The summed E-state index contributed by atoms with van der Waals surface area (Å²) in [7, 11) is 0. The molecule has 1 aromatic rings. The van der Waals surface area contributed by atoms with E-state index in [-0.39, 0.29) is 11.3 Å². The van der Waals surface area contributed by atoms with E-state index in [2.05, 4.69) is 31.1 Å². The van der Waals surface area contributed by atoms with E-state index in [9.17, 15) is 4.79 Å². The Labute approximate surface area is 142 Å². The largest absolute Gasteiger partial charge is 0.351 e. The molecule has 0 aliphatic carbocycles. The zero-order valence-corrected chi connectivity index (χ0v) is 15.2. The maximum Gasteiger partial charge on any atom is 0.252 e. The van der Waals surface area contributed by atoms with Crippen LogP contribution in [0.1, 0.15) is 88.9 Å². The van der Waals surface area contributed by atoms with Crippen LogP contribution in [0, 0.1) is 5.41 Å². The third-order valence-electron chi connectivity index (χ3n) is 4.73. The number of hydrogen-bond acceptors (Lipinski definition) is 2. The van der Waals surface area contributed by atoms with Gasteiger partial charge in [0.15, 0.2) is 0 Å². The van der Waals surface area contributed by atoms with Crippen molar-refractivity contribution in [3.8, 4) is 0 Å². The van der Waals surface area contributed by atoms with Crippen LogP contribution >= 0.6 is 0 Å². The molecule has 0 radical (unpaired) electrons. The molecule has 0 fully saturated rings. The second-order valence-electron chi connectivity index (χ2n) is 6.74. The lowest BCUT2D eigenvalue weighted by Gasteiger charge is -2.34. The van der Waals surface area contributed by atoms with Crippen LogP contribution < -0.4 is 5.32 Å². The van der Waals surface area contributed by atoms with Crippen molar-refractivity contribution < 1.29 is 4.79 Å². The number of carbonyl (C=O) groups excluding carboxylic acids is 1. The normalized spacial score (nSPS) is 11.4. The van der Waals surface area contributed by atoms with Gasteiger partial charge in [0.2, 0.25) is 0 Å². The maximum absolute atomic E-state index is 12.4. The van der Waals surface area contributed by atoms with Crippen molar-refractivity contribution in [1.29, 1.82) is 0 Å². The Morgan fingerprint density at radius 2 is 1.61 bits per heavy atom. The van der Waals surface area contributed by atoms with Crippen molar-refractivity contribution in [2.75, 3.05) is 6.54 Å². The van der Waals surface area contributed by atoms with Crippen LogP contribution in [0.4, 0.5) is 0 Å². The minimum atomic E-state index is 0.00645. The molecule has 1 aromatic heterocycles. The van der Waals surface area contributed by atoms with E-state index in [1.165, 1.54) is 57.8 Å². The van der Waals surface area contributed by atoms with Gasteiger partial charge in [0.1, 0.15) is 0 Å². The molecule has 23 heavy (non-hydrogen) atoms. The highest BCUT2D eigenvalue weighted by molar-refractivity contribution is 5.93. The summed E-state index contributed by atoms with van der Waals surface area (Å²) >= 11 is 0. The molecule has 1 N–H and O–H groups in total. The number of carbonyl (C=O) groups is 1. The van der Waals surface area contributed by atoms with Gasteiger partial charge in [-0.3, -0.25) is 9.78 Å². The van der Waals surface area contributed by atoms with Crippen LogP contribution in [0.3, 0.4) is 0 Å². The monoisotopic (exact) mass is 318 g/mol. The predicted molar refractivity (Wildman–Crippen MR) is 97.6 cm³/mol. The van der Waals surface area contributed by atoms with Crippen LogP contribution in [0.25, 0.3) is 0 Å². The molecule has 0 saturated heterocycles. The maximum atomic E-state index is 12.4. The zero-order chi connectivity index (χ0) is 17.0. The van der Waals surface area contributed by atoms with Crippen LogP contribution in [0.5, 0.6) is 0 Å². The van der Waals surface area contributed by atoms with E-state index in [0.717, 1.165) is 6.54 Å². The van der Waals surface area contributed by atoms with Gasteiger partial charge in [0.25, 0.3) is 5.91 Å². The third kappa shape index (κ3) is 7.15. The fourth-order valence-electron chi connectivity index (χ4n) is 3.16. The summed E-state index contributed by atoms with van der Waals surface area (Å²) in [6.45, 7) is 7.54. The van der Waals surface area contributed by atoms with E-state index in [4.69, 9.17) is 0 Å². The highest BCUT2D eigenvalue weighted by Gasteiger charge is 2.29. The molecule has 0 unspecified atom stereocenters. The molecule has 0 aliphatic rings. The fourth-order valence-corrected chi connectivity index (χ4v) is 3.16. The summed E-state index contributed by atoms with van der Waals surface area (Å²) in [6, 6.07) is 3.64. The van der Waals surface area contributed by atoms with Gasteiger partial charge in [-0.1, -0.05) is 59.3 Å². The molecule has 0 aliphatic heterocycles. The molecule has 0 atom stereocenters. The van der Waals surface area contributed by atoms with E-state index in [0.29, 0.717) is 5.56 Å². The summed E-state index contributed by atoms with van der Waals surface area (Å²) < 4.78 is 0. The van der Waals surface area contributed by atoms with Crippen LogP contribution in [0.15, 0.2) is 24.5 Å². The third-order valence-corrected chi connectivity index (χ3v) is 4.73. The second-order valence-corrected chi connectivity index (χ2v) is 6.74. The van der Waals surface area contributed by atoms with Gasteiger partial charge in [-0.2, -0.15) is 0 Å². The molecule has 0 saturated carbocycles. The van der Waals surface area contributed by atoms with Gasteiger partial charge in [0.05, 0.1) is 5.56 Å². The Morgan fingerprint density at radius 1 is 1.04 bits per heavy atom. The van der Waals surface area contributed by atoms with E-state index < -0.39 is 0 Å². The molecule has 3 nitrogen and oxygen atoms in total. The summed E-state index contributed by atoms with van der Waals surface area (Å²) in [4.78, 5) is 16.4. The molecule has 1 amide bonds. The van der Waals surface area contributed by atoms with Gasteiger partial charge in [0, 0.05) is 18.9 Å². The first-order chi connectivity index (χ1) is 11.2. The molecular formula is C20H34N2O. The van der Waals surface area contributed by atoms with E-state index in [1.54, 1.807) is 12.4 Å². The van der Waals surface area contributed by atoms with Crippen molar-refractivity contribution >= 4 is 5.91 Å². The lowest BCUT2D eigenvalue weighted by molar-refractivity contribution is 0.0912. The van der Waals surface area contributed by atoms with E-state index in [1.807, 2.05) is 12.1 Å². The predicted octanol–water partition coefficient (Wildman–Crippen LogP) is 5.37. The zero-order valence-electron chi connectivity index (χ0n) is 15.2. The van der Waals surface area contributed by atoms with Gasteiger partial charge < -0.3 is 5.32 Å². The molecule has 130 valence electrons. The van der Waals surface area contributed by atoms with Gasteiger partial charge in [-0.05, 0) is 36.8 Å². The topological polar surface area (TPSA) is 42.0 Å². The fraction of sp³-hybridized carbons (Fsp3) is 0.700. The van der Waals surface area contributed by atoms with Gasteiger partial charge >= 0.3 is 0 Å². The van der Waals surface area contributed by atoms with Crippen molar-refractivity contribution in [3.05, 3.63) is 30.1 Å². The summed E-state index contributed by atoms with van der Waals surface area (Å²) in [5.41, 5.74) is 0.919. The van der Waals surface area contributed by atoms with Crippen molar-refractivity contribution in [1.82, 2.24) is 10.3 Å². The molecule has 0 bridgehead atoms. The summed E-state index contributed by atoms with van der Waals surface area (Å²) in [5, 5.41) is 3.19. The van der Waals surface area contributed by atoms with Crippen molar-refractivity contribution in [3.63, 3.8) is 0 Å². The highest BCUT2D eigenvalue weighted by Crippen LogP contribution is 2.36. The average Bonchev–Trinajstić information content (AvgIpc) is 2.61. The SMILES string of the molecule is CCCCC(CCCC)(CCCC)CNC(=O)c1cccnc1. The number of amides is 1. The number of nitrogens with one attached hydrogen (secondary N) is 1. The Bertz CT molecular complexity index is 409. The first kappa shape index (κ1) is 19.7. The van der Waals surface area contributed by atoms with Crippen molar-refractivity contribution in [2.45, 2.75) is 78.6 Å². The summed E-state index contributed by atoms with van der Waals surface area (Å²) in [6.07, 6.45) is 14.4. The van der Waals surface area contributed by atoms with E-state index >= 15 is 0 Å². The molecule has 0 aromatic carbocycles.